The lowest BCUT2D eigenvalue weighted by Gasteiger charge is -2.29. The van der Waals surface area contributed by atoms with Gasteiger partial charge in [0.1, 0.15) is 17.8 Å². The van der Waals surface area contributed by atoms with E-state index in [2.05, 4.69) is 25.7 Å². The Hall–Kier alpha value is -4.55. The number of hydrogen-bond donors (Lipinski definition) is 2. The molecule has 1 saturated heterocycles. The largest absolute Gasteiger partial charge is 0.497 e. The summed E-state index contributed by atoms with van der Waals surface area (Å²) in [5.74, 6) is -0.419. The molecule has 0 unspecified atom stereocenters. The van der Waals surface area contributed by atoms with Crippen LogP contribution in [0.1, 0.15) is 42.4 Å². The van der Waals surface area contributed by atoms with Crippen molar-refractivity contribution in [1.82, 2.24) is 40.0 Å². The van der Waals surface area contributed by atoms with Gasteiger partial charge in [0.2, 0.25) is 23.5 Å². The molecular weight excluding hydrogens is 516 g/mol. The molecule has 0 spiro atoms. The minimum atomic E-state index is -0.876. The van der Waals surface area contributed by atoms with Crippen LogP contribution in [0.2, 0.25) is 0 Å². The van der Waals surface area contributed by atoms with Crippen molar-refractivity contribution in [2.45, 2.75) is 44.7 Å². The van der Waals surface area contributed by atoms with Crippen molar-refractivity contribution in [3.63, 3.8) is 0 Å². The first-order chi connectivity index (χ1) is 19.3. The molecule has 2 N–H and O–H groups in total. The lowest BCUT2D eigenvalue weighted by molar-refractivity contribution is -0.141. The van der Waals surface area contributed by atoms with Crippen LogP contribution in [0.3, 0.4) is 0 Å². The predicted octanol–water partition coefficient (Wildman–Crippen LogP) is 0.450. The summed E-state index contributed by atoms with van der Waals surface area (Å²) < 4.78 is 6.63. The molecule has 0 radical (unpaired) electrons. The standard InChI is InChI=1S/C27H34N8O5/c1-18-24(37)28-12-5-15-34(26(39)23-31-27-29-13-6-16-35(27)32-23)14-4-7-22(36)30-21(25(38)33(18)2)17-19-8-10-20(40-3)11-9-19/h6,8-11,13,16,18,21H,4-5,7,12,14-15,17H2,1-3H3,(H,28,37)(H,30,36)/t18-,21-/m0/s1. The molecule has 1 fully saturated rings. The number of ether oxygens (including phenoxy) is 1. The molecular formula is C27H34N8O5. The summed E-state index contributed by atoms with van der Waals surface area (Å²) in [7, 11) is 3.12. The minimum absolute atomic E-state index is 0.00510. The monoisotopic (exact) mass is 550 g/mol. The SMILES string of the molecule is COc1ccc(C[C@@H]2NC(=O)CCCN(C(=O)c3nc4ncccn4n3)CCCNC(=O)[C@H](C)N(C)C2=O)cc1. The van der Waals surface area contributed by atoms with Crippen molar-refractivity contribution >= 4 is 29.4 Å². The quantitative estimate of drug-likeness (QED) is 0.475. The van der Waals surface area contributed by atoms with Crippen LogP contribution in [0.25, 0.3) is 5.78 Å². The summed E-state index contributed by atoms with van der Waals surface area (Å²) >= 11 is 0. The van der Waals surface area contributed by atoms with Gasteiger partial charge in [-0.2, -0.15) is 4.98 Å². The third kappa shape index (κ3) is 6.90. The Bertz CT molecular complexity index is 1330. The highest BCUT2D eigenvalue weighted by atomic mass is 16.5. The first kappa shape index (κ1) is 28.5. The van der Waals surface area contributed by atoms with Crippen LogP contribution in [0, 0.1) is 0 Å². The number of likely N-dealkylation sites (N-methyl/N-ethyl adjacent to an activating group) is 1. The Labute approximate surface area is 231 Å². The number of methoxy groups -OCH3 is 1. The minimum Gasteiger partial charge on any atom is -0.497 e. The molecule has 40 heavy (non-hydrogen) atoms. The molecule has 0 bridgehead atoms. The van der Waals surface area contributed by atoms with Crippen LogP contribution in [-0.4, -0.2) is 98.9 Å². The highest BCUT2D eigenvalue weighted by Gasteiger charge is 2.30. The average molecular weight is 551 g/mol. The van der Waals surface area contributed by atoms with Crippen molar-refractivity contribution in [3.05, 3.63) is 54.1 Å². The van der Waals surface area contributed by atoms with E-state index in [4.69, 9.17) is 4.74 Å². The summed E-state index contributed by atoms with van der Waals surface area (Å²) in [6.07, 6.45) is 4.40. The number of carbonyl (C=O) groups is 4. The summed E-state index contributed by atoms with van der Waals surface area (Å²) in [6, 6.07) is 7.28. The van der Waals surface area contributed by atoms with E-state index in [-0.39, 0.29) is 48.8 Å². The van der Waals surface area contributed by atoms with Crippen LogP contribution in [0.4, 0.5) is 0 Å². The normalized spacial score (nSPS) is 19.9. The van der Waals surface area contributed by atoms with Crippen LogP contribution >= 0.6 is 0 Å². The van der Waals surface area contributed by atoms with E-state index in [9.17, 15) is 19.2 Å². The number of aromatic nitrogens is 4. The van der Waals surface area contributed by atoms with Gasteiger partial charge in [-0.25, -0.2) is 9.50 Å². The van der Waals surface area contributed by atoms with Gasteiger partial charge in [-0.05, 0) is 43.5 Å². The molecule has 3 aromatic rings. The fraction of sp³-hybridized carbons (Fsp3) is 0.444. The maximum atomic E-state index is 13.4. The van der Waals surface area contributed by atoms with Crippen molar-refractivity contribution < 1.29 is 23.9 Å². The van der Waals surface area contributed by atoms with Gasteiger partial charge in [-0.3, -0.25) is 19.2 Å². The molecule has 0 saturated carbocycles. The Kier molecular flexibility index (Phi) is 9.25. The maximum Gasteiger partial charge on any atom is 0.293 e. The van der Waals surface area contributed by atoms with Gasteiger partial charge in [0.05, 0.1) is 7.11 Å². The van der Waals surface area contributed by atoms with E-state index in [1.54, 1.807) is 56.6 Å². The number of carbonyl (C=O) groups excluding carboxylic acids is 4. The summed E-state index contributed by atoms with van der Waals surface area (Å²) in [4.78, 5) is 63.7. The summed E-state index contributed by atoms with van der Waals surface area (Å²) in [6.45, 7) is 2.54. The number of benzene rings is 1. The Morgan fingerprint density at radius 2 is 1.88 bits per heavy atom. The first-order valence-corrected chi connectivity index (χ1v) is 13.2. The van der Waals surface area contributed by atoms with Gasteiger partial charge in [0, 0.05) is 51.9 Å². The molecule has 4 amide bonds. The lowest BCUT2D eigenvalue weighted by Crippen LogP contribution is -2.54. The highest BCUT2D eigenvalue weighted by molar-refractivity contribution is 5.92. The Morgan fingerprint density at radius 3 is 2.60 bits per heavy atom. The Morgan fingerprint density at radius 1 is 1.12 bits per heavy atom. The van der Waals surface area contributed by atoms with Gasteiger partial charge < -0.3 is 25.2 Å². The second-order valence-electron chi connectivity index (χ2n) is 9.64. The second-order valence-corrected chi connectivity index (χ2v) is 9.64. The molecule has 1 aliphatic heterocycles. The molecule has 4 rings (SSSR count). The number of amides is 4. The van der Waals surface area contributed by atoms with Crippen LogP contribution < -0.4 is 15.4 Å². The first-order valence-electron chi connectivity index (χ1n) is 13.2. The van der Waals surface area contributed by atoms with Crippen LogP contribution in [0.15, 0.2) is 42.7 Å². The average Bonchev–Trinajstić information content (AvgIpc) is 3.40. The van der Waals surface area contributed by atoms with E-state index in [1.807, 2.05) is 12.1 Å². The maximum absolute atomic E-state index is 13.4. The van der Waals surface area contributed by atoms with Crippen molar-refractivity contribution in [1.29, 1.82) is 0 Å². The van der Waals surface area contributed by atoms with Crippen molar-refractivity contribution in [3.8, 4) is 5.75 Å². The van der Waals surface area contributed by atoms with E-state index < -0.39 is 12.1 Å². The molecule has 3 heterocycles. The lowest BCUT2D eigenvalue weighted by atomic mass is 10.0. The number of nitrogens with one attached hydrogen (secondary N) is 2. The molecule has 1 aliphatic rings. The number of rotatable bonds is 4. The smallest absolute Gasteiger partial charge is 0.293 e. The summed E-state index contributed by atoms with van der Waals surface area (Å²) in [5, 5.41) is 9.91. The molecule has 13 heteroatoms. The zero-order chi connectivity index (χ0) is 28.6. The molecule has 13 nitrogen and oxygen atoms in total. The fourth-order valence-corrected chi connectivity index (χ4v) is 4.42. The van der Waals surface area contributed by atoms with E-state index in [1.165, 1.54) is 9.42 Å². The molecule has 212 valence electrons. The predicted molar refractivity (Wildman–Crippen MR) is 144 cm³/mol. The van der Waals surface area contributed by atoms with Crippen molar-refractivity contribution in [2.24, 2.45) is 0 Å². The van der Waals surface area contributed by atoms with Crippen LogP contribution in [0.5, 0.6) is 5.75 Å². The molecule has 2 aromatic heterocycles. The highest BCUT2D eigenvalue weighted by Crippen LogP contribution is 2.15. The van der Waals surface area contributed by atoms with Crippen molar-refractivity contribution in [2.75, 3.05) is 33.8 Å². The van der Waals surface area contributed by atoms with E-state index in [0.29, 0.717) is 37.5 Å². The molecule has 2 atom stereocenters. The zero-order valence-corrected chi connectivity index (χ0v) is 22.9. The van der Waals surface area contributed by atoms with Crippen LogP contribution in [-0.2, 0) is 20.8 Å². The van der Waals surface area contributed by atoms with E-state index in [0.717, 1.165) is 5.56 Å². The Balaban J connectivity index is 1.51. The number of hydrogen-bond acceptors (Lipinski definition) is 8. The third-order valence-corrected chi connectivity index (χ3v) is 6.87. The number of fused-ring (bicyclic) bond motifs is 1. The van der Waals surface area contributed by atoms with Gasteiger partial charge in [-0.15, -0.1) is 5.10 Å². The topological polar surface area (TPSA) is 151 Å². The molecule has 1 aromatic carbocycles. The fourth-order valence-electron chi connectivity index (χ4n) is 4.42. The van der Waals surface area contributed by atoms with Gasteiger partial charge in [0.25, 0.3) is 11.7 Å². The van der Waals surface area contributed by atoms with Gasteiger partial charge in [0.15, 0.2) is 0 Å². The third-order valence-electron chi connectivity index (χ3n) is 6.87. The van der Waals surface area contributed by atoms with Gasteiger partial charge >= 0.3 is 0 Å². The zero-order valence-electron chi connectivity index (χ0n) is 22.9. The van der Waals surface area contributed by atoms with E-state index >= 15 is 0 Å². The number of nitrogens with zero attached hydrogens (tertiary/aromatic N) is 6. The summed E-state index contributed by atoms with van der Waals surface area (Å²) in [5.41, 5.74) is 0.828. The van der Waals surface area contributed by atoms with Gasteiger partial charge in [-0.1, -0.05) is 12.1 Å². The molecule has 0 aliphatic carbocycles. The second kappa shape index (κ2) is 13.0.